The highest BCUT2D eigenvalue weighted by atomic mass is 16.7. The Kier molecular flexibility index (Phi) is 33.2. The number of hydrogen-bond donors (Lipinski definition) is 4. The van der Waals surface area contributed by atoms with E-state index in [1.54, 1.807) is 0 Å². The van der Waals surface area contributed by atoms with Gasteiger partial charge < -0.3 is 39.4 Å². The van der Waals surface area contributed by atoms with Gasteiger partial charge in [0.1, 0.15) is 31.0 Å². The Morgan fingerprint density at radius 1 is 0.582 bits per heavy atom. The second-order valence-electron chi connectivity index (χ2n) is 14.8. The van der Waals surface area contributed by atoms with Crippen LogP contribution in [0.25, 0.3) is 0 Å². The molecule has 1 fully saturated rings. The minimum absolute atomic E-state index is 0.209. The van der Waals surface area contributed by atoms with Gasteiger partial charge in [-0.1, -0.05) is 140 Å². The molecule has 0 radical (unpaired) electrons. The number of aliphatic hydroxyl groups is 4. The first-order chi connectivity index (χ1) is 26.8. The third-order valence-electron chi connectivity index (χ3n) is 9.70. The molecule has 1 heterocycles. The summed E-state index contributed by atoms with van der Waals surface area (Å²) in [4.78, 5) is 25.3. The molecule has 1 aliphatic heterocycles. The molecule has 0 aromatic heterocycles. The maximum absolute atomic E-state index is 12.7. The van der Waals surface area contributed by atoms with Crippen LogP contribution in [0.5, 0.6) is 0 Å². The number of rotatable bonds is 35. The van der Waals surface area contributed by atoms with Gasteiger partial charge in [0.25, 0.3) is 0 Å². The van der Waals surface area contributed by atoms with Crippen molar-refractivity contribution in [2.24, 2.45) is 0 Å². The van der Waals surface area contributed by atoms with Gasteiger partial charge in [0.2, 0.25) is 0 Å². The lowest BCUT2D eigenvalue weighted by molar-refractivity contribution is -0.305. The van der Waals surface area contributed by atoms with Gasteiger partial charge in [-0.15, -0.1) is 0 Å². The fourth-order valence-electron chi connectivity index (χ4n) is 6.24. The van der Waals surface area contributed by atoms with Crippen molar-refractivity contribution in [3.63, 3.8) is 0 Å². The number of carbonyl (C=O) groups excluding carboxylic acids is 2. The summed E-state index contributed by atoms with van der Waals surface area (Å²) in [5.74, 6) is -0.831. The predicted octanol–water partition coefficient (Wildman–Crippen LogP) is 8.88. The molecule has 1 rings (SSSR count). The van der Waals surface area contributed by atoms with E-state index in [0.29, 0.717) is 6.42 Å². The van der Waals surface area contributed by atoms with Crippen molar-refractivity contribution in [1.82, 2.24) is 0 Å². The third kappa shape index (κ3) is 27.8. The zero-order valence-corrected chi connectivity index (χ0v) is 34.4. The van der Waals surface area contributed by atoms with Gasteiger partial charge in [0.15, 0.2) is 12.4 Å². The average Bonchev–Trinajstić information content (AvgIpc) is 3.18. The van der Waals surface area contributed by atoms with E-state index in [2.05, 4.69) is 62.5 Å². The lowest BCUT2D eigenvalue weighted by Gasteiger charge is -2.39. The summed E-state index contributed by atoms with van der Waals surface area (Å²) in [6, 6.07) is 0. The van der Waals surface area contributed by atoms with Crippen LogP contribution in [0.3, 0.4) is 0 Å². The van der Waals surface area contributed by atoms with E-state index < -0.39 is 49.4 Å². The van der Waals surface area contributed by atoms with Crippen molar-refractivity contribution in [2.75, 3.05) is 19.8 Å². The summed E-state index contributed by atoms with van der Waals surface area (Å²) in [6.45, 7) is 3.25. The van der Waals surface area contributed by atoms with Gasteiger partial charge in [-0.05, 0) is 64.2 Å². The van der Waals surface area contributed by atoms with Crippen LogP contribution in [0.4, 0.5) is 0 Å². The van der Waals surface area contributed by atoms with Gasteiger partial charge in [0.05, 0.1) is 13.2 Å². The van der Waals surface area contributed by atoms with Crippen LogP contribution in [0.2, 0.25) is 0 Å². The molecule has 1 saturated heterocycles. The second-order valence-corrected chi connectivity index (χ2v) is 14.8. The normalized spacial score (nSPS) is 21.0. The maximum Gasteiger partial charge on any atom is 0.306 e. The number of aliphatic hydroxyl groups excluding tert-OH is 4. The first-order valence-electron chi connectivity index (χ1n) is 21.7. The van der Waals surface area contributed by atoms with Crippen LogP contribution in [0.1, 0.15) is 168 Å². The molecule has 10 nitrogen and oxygen atoms in total. The molecule has 10 heteroatoms. The number of carbonyl (C=O) groups is 2. The van der Waals surface area contributed by atoms with E-state index in [4.69, 9.17) is 18.9 Å². The van der Waals surface area contributed by atoms with E-state index in [1.165, 1.54) is 57.8 Å². The summed E-state index contributed by atoms with van der Waals surface area (Å²) in [6.07, 6.45) is 34.0. The minimum atomic E-state index is -1.60. The first-order valence-corrected chi connectivity index (χ1v) is 21.7. The average molecular weight is 779 g/mol. The van der Waals surface area contributed by atoms with Crippen molar-refractivity contribution in [2.45, 2.75) is 205 Å². The summed E-state index contributed by atoms with van der Waals surface area (Å²) >= 11 is 0. The Morgan fingerprint density at radius 3 is 1.64 bits per heavy atom. The summed E-state index contributed by atoms with van der Waals surface area (Å²) in [7, 11) is 0. The molecule has 2 unspecified atom stereocenters. The monoisotopic (exact) mass is 779 g/mol. The van der Waals surface area contributed by atoms with E-state index in [9.17, 15) is 30.0 Å². The highest BCUT2D eigenvalue weighted by Gasteiger charge is 2.44. The van der Waals surface area contributed by atoms with Crippen molar-refractivity contribution >= 4 is 11.9 Å². The Hall–Kier alpha value is -2.34. The second kappa shape index (κ2) is 36.0. The zero-order chi connectivity index (χ0) is 40.2. The molecule has 0 amide bonds. The molecular weight excluding hydrogens is 700 g/mol. The van der Waals surface area contributed by atoms with Gasteiger partial charge in [-0.2, -0.15) is 0 Å². The fraction of sp³-hybridized carbons (Fsp3) is 0.778. The Bertz CT molecular complexity index is 1040. The minimum Gasteiger partial charge on any atom is -0.462 e. The topological polar surface area (TPSA) is 152 Å². The SMILES string of the molecule is CC/C=C/C/C=C/C/C=C/CCCCCCCC(=O)O[C@@H](COC(=O)CCCCCCCCCCC/C=C/CCCC)CO[C@H]1O[C@@H](CO)[C@@H](O)C(O)C1O. The number of esters is 2. The molecule has 0 aromatic rings. The predicted molar refractivity (Wildman–Crippen MR) is 219 cm³/mol. The number of ether oxygens (including phenoxy) is 4. The van der Waals surface area contributed by atoms with Crippen molar-refractivity contribution in [3.05, 3.63) is 48.6 Å². The molecule has 318 valence electrons. The quantitative estimate of drug-likeness (QED) is 0.0279. The smallest absolute Gasteiger partial charge is 0.306 e. The summed E-state index contributed by atoms with van der Waals surface area (Å²) < 4.78 is 22.1. The molecule has 0 aromatic carbocycles. The maximum atomic E-state index is 12.7. The molecule has 6 atom stereocenters. The Labute approximate surface area is 333 Å². The Morgan fingerprint density at radius 2 is 1.07 bits per heavy atom. The molecule has 1 aliphatic rings. The van der Waals surface area contributed by atoms with Crippen LogP contribution < -0.4 is 0 Å². The van der Waals surface area contributed by atoms with Crippen LogP contribution in [-0.2, 0) is 28.5 Å². The number of hydrogen-bond acceptors (Lipinski definition) is 10. The van der Waals surface area contributed by atoms with Gasteiger partial charge in [-0.3, -0.25) is 9.59 Å². The standard InChI is InChI=1S/C45H78O10/c1-3-5-7-9-11-13-15-17-19-21-23-25-27-29-31-33-40(47)52-36-38(37-53-45-44(51)43(50)42(49)39(35-46)55-45)54-41(48)34-32-30-28-26-24-22-20-18-16-14-12-10-8-6-4-2/h6,8-9,11-12,14,18,20,38-39,42-46,49-51H,3-5,7,10,13,15-17,19,21-37H2,1-2H3/b8-6+,11-9+,14-12+,20-18+/t38-,39-,42+,43?,44?,45-/m0/s1. The van der Waals surface area contributed by atoms with E-state index >= 15 is 0 Å². The number of allylic oxidation sites excluding steroid dienone is 8. The largest absolute Gasteiger partial charge is 0.462 e. The lowest BCUT2D eigenvalue weighted by atomic mass is 9.99. The van der Waals surface area contributed by atoms with Crippen LogP contribution in [-0.4, -0.2) is 89.0 Å². The molecule has 0 bridgehead atoms. The van der Waals surface area contributed by atoms with Gasteiger partial charge >= 0.3 is 11.9 Å². The lowest BCUT2D eigenvalue weighted by Crippen LogP contribution is -2.59. The van der Waals surface area contributed by atoms with Crippen molar-refractivity contribution < 1.29 is 49.0 Å². The van der Waals surface area contributed by atoms with Crippen LogP contribution in [0, 0.1) is 0 Å². The van der Waals surface area contributed by atoms with E-state index in [-0.39, 0.29) is 32.0 Å². The highest BCUT2D eigenvalue weighted by molar-refractivity contribution is 5.70. The molecule has 55 heavy (non-hydrogen) atoms. The van der Waals surface area contributed by atoms with Gasteiger partial charge in [-0.25, -0.2) is 0 Å². The molecule has 0 saturated carbocycles. The van der Waals surface area contributed by atoms with Crippen molar-refractivity contribution in [3.8, 4) is 0 Å². The number of unbranched alkanes of at least 4 members (excludes halogenated alkanes) is 16. The molecular formula is C45H78O10. The van der Waals surface area contributed by atoms with Crippen molar-refractivity contribution in [1.29, 1.82) is 0 Å². The van der Waals surface area contributed by atoms with Crippen LogP contribution >= 0.6 is 0 Å². The molecule has 0 aliphatic carbocycles. The van der Waals surface area contributed by atoms with Crippen LogP contribution in [0.15, 0.2) is 48.6 Å². The summed E-state index contributed by atoms with van der Waals surface area (Å²) in [5.41, 5.74) is 0. The third-order valence-corrected chi connectivity index (χ3v) is 9.70. The molecule has 0 spiro atoms. The highest BCUT2D eigenvalue weighted by Crippen LogP contribution is 2.22. The first kappa shape index (κ1) is 50.7. The zero-order valence-electron chi connectivity index (χ0n) is 34.4. The fourth-order valence-corrected chi connectivity index (χ4v) is 6.24. The van der Waals surface area contributed by atoms with E-state index in [1.807, 2.05) is 0 Å². The van der Waals surface area contributed by atoms with E-state index in [0.717, 1.165) is 77.0 Å². The molecule has 4 N–H and O–H groups in total. The summed E-state index contributed by atoms with van der Waals surface area (Å²) in [5, 5.41) is 40.0. The van der Waals surface area contributed by atoms with Gasteiger partial charge in [0, 0.05) is 12.8 Å². The Balaban J connectivity index is 2.36.